The van der Waals surface area contributed by atoms with E-state index in [0.717, 1.165) is 11.3 Å². The highest BCUT2D eigenvalue weighted by Crippen LogP contribution is 2.31. The van der Waals surface area contributed by atoms with Crippen molar-refractivity contribution in [2.24, 2.45) is 0 Å². The number of ether oxygens (including phenoxy) is 2. The number of para-hydroxylation sites is 2. The van der Waals surface area contributed by atoms with Gasteiger partial charge in [-0.05, 0) is 30.4 Å². The third-order valence-corrected chi connectivity index (χ3v) is 3.50. The maximum Gasteiger partial charge on any atom is 0.187 e. The van der Waals surface area contributed by atoms with Crippen molar-refractivity contribution in [1.29, 1.82) is 0 Å². The number of anilines is 1. The molecular formula is C19H21NO3. The van der Waals surface area contributed by atoms with Gasteiger partial charge in [0.25, 0.3) is 0 Å². The van der Waals surface area contributed by atoms with E-state index in [0.29, 0.717) is 17.1 Å². The minimum absolute atomic E-state index is 0.0563. The van der Waals surface area contributed by atoms with Crippen LogP contribution >= 0.6 is 0 Å². The van der Waals surface area contributed by atoms with E-state index in [4.69, 9.17) is 9.47 Å². The van der Waals surface area contributed by atoms with E-state index in [1.54, 1.807) is 26.4 Å². The van der Waals surface area contributed by atoms with Crippen LogP contribution in [0, 0.1) is 0 Å². The predicted molar refractivity (Wildman–Crippen MR) is 93.7 cm³/mol. The molecule has 0 spiro atoms. The quantitative estimate of drug-likeness (QED) is 0.603. The predicted octanol–water partition coefficient (Wildman–Crippen LogP) is 3.67. The molecule has 4 nitrogen and oxygen atoms in total. The lowest BCUT2D eigenvalue weighted by atomic mass is 10.1. The number of hydrogen-bond acceptors (Lipinski definition) is 4. The van der Waals surface area contributed by atoms with Gasteiger partial charge in [-0.25, -0.2) is 0 Å². The Hall–Kier alpha value is -2.75. The van der Waals surface area contributed by atoms with Gasteiger partial charge in [-0.3, -0.25) is 4.79 Å². The van der Waals surface area contributed by atoms with Crippen molar-refractivity contribution in [3.63, 3.8) is 0 Å². The number of methoxy groups -OCH3 is 2. The van der Waals surface area contributed by atoms with Crippen molar-refractivity contribution in [2.75, 3.05) is 33.2 Å². The maximum atomic E-state index is 12.5. The van der Waals surface area contributed by atoms with Gasteiger partial charge in [-0.2, -0.15) is 0 Å². The van der Waals surface area contributed by atoms with Crippen molar-refractivity contribution >= 4 is 17.5 Å². The standard InChI is InChI=1S/C19H21NO3/c1-20(2)16-10-6-5-9-15(16)17(21)13-12-14-8-7-11-18(22-3)19(14)23-4/h5-13H,1-4H3/b13-12+. The molecule has 0 atom stereocenters. The number of carbonyl (C=O) groups excluding carboxylic acids is 1. The molecular weight excluding hydrogens is 290 g/mol. The Morgan fingerprint density at radius 2 is 1.74 bits per heavy atom. The summed E-state index contributed by atoms with van der Waals surface area (Å²) in [5.41, 5.74) is 2.35. The summed E-state index contributed by atoms with van der Waals surface area (Å²) in [6, 6.07) is 13.1. The molecule has 0 N–H and O–H groups in total. The largest absolute Gasteiger partial charge is 0.493 e. The van der Waals surface area contributed by atoms with Crippen LogP contribution in [-0.2, 0) is 0 Å². The van der Waals surface area contributed by atoms with Crippen molar-refractivity contribution in [3.05, 3.63) is 59.7 Å². The number of allylic oxidation sites excluding steroid dienone is 1. The molecule has 0 radical (unpaired) electrons. The molecule has 0 aromatic heterocycles. The summed E-state index contributed by atoms with van der Waals surface area (Å²) in [5.74, 6) is 1.19. The van der Waals surface area contributed by atoms with Crippen molar-refractivity contribution in [2.45, 2.75) is 0 Å². The third kappa shape index (κ3) is 3.72. The number of benzene rings is 2. The van der Waals surface area contributed by atoms with Gasteiger partial charge in [0.05, 0.1) is 14.2 Å². The summed E-state index contributed by atoms with van der Waals surface area (Å²) in [6.45, 7) is 0. The molecule has 4 heteroatoms. The van der Waals surface area contributed by atoms with Gasteiger partial charge in [-0.1, -0.05) is 24.3 Å². The van der Waals surface area contributed by atoms with Gasteiger partial charge >= 0.3 is 0 Å². The summed E-state index contributed by atoms with van der Waals surface area (Å²) >= 11 is 0. The zero-order valence-electron chi connectivity index (χ0n) is 13.9. The molecule has 0 aliphatic heterocycles. The Morgan fingerprint density at radius 1 is 1.00 bits per heavy atom. The van der Waals surface area contributed by atoms with Crippen LogP contribution in [0.15, 0.2) is 48.5 Å². The fourth-order valence-corrected chi connectivity index (χ4v) is 2.37. The SMILES string of the molecule is COc1cccc(/C=C/C(=O)c2ccccc2N(C)C)c1OC. The number of nitrogens with zero attached hydrogens (tertiary/aromatic N) is 1. The van der Waals surface area contributed by atoms with E-state index < -0.39 is 0 Å². The fourth-order valence-electron chi connectivity index (χ4n) is 2.37. The normalized spacial score (nSPS) is 10.6. The van der Waals surface area contributed by atoms with E-state index >= 15 is 0 Å². The van der Waals surface area contributed by atoms with Crippen molar-refractivity contribution in [3.8, 4) is 11.5 Å². The summed E-state index contributed by atoms with van der Waals surface area (Å²) in [5, 5.41) is 0. The van der Waals surface area contributed by atoms with Crippen LogP contribution in [0.2, 0.25) is 0 Å². The number of carbonyl (C=O) groups is 1. The Bertz CT molecular complexity index is 720. The molecule has 0 heterocycles. The van der Waals surface area contributed by atoms with Crippen LogP contribution in [0.4, 0.5) is 5.69 Å². The molecule has 0 aliphatic carbocycles. The maximum absolute atomic E-state index is 12.5. The first-order chi connectivity index (χ1) is 11.1. The van der Waals surface area contributed by atoms with Gasteiger partial charge in [0.15, 0.2) is 17.3 Å². The summed E-state index contributed by atoms with van der Waals surface area (Å²) < 4.78 is 10.6. The first-order valence-electron chi connectivity index (χ1n) is 7.28. The van der Waals surface area contributed by atoms with E-state index in [1.807, 2.05) is 61.5 Å². The van der Waals surface area contributed by atoms with Crippen LogP contribution < -0.4 is 14.4 Å². The lowest BCUT2D eigenvalue weighted by Crippen LogP contribution is -2.13. The first-order valence-corrected chi connectivity index (χ1v) is 7.28. The molecule has 0 unspecified atom stereocenters. The molecule has 23 heavy (non-hydrogen) atoms. The van der Waals surface area contributed by atoms with E-state index in [9.17, 15) is 4.79 Å². The fraction of sp³-hybridized carbons (Fsp3) is 0.211. The van der Waals surface area contributed by atoms with E-state index in [1.165, 1.54) is 0 Å². The molecule has 2 aromatic rings. The number of hydrogen-bond donors (Lipinski definition) is 0. The molecule has 2 aromatic carbocycles. The highest BCUT2D eigenvalue weighted by atomic mass is 16.5. The van der Waals surface area contributed by atoms with Gasteiger partial charge in [0, 0.05) is 30.9 Å². The van der Waals surface area contributed by atoms with Gasteiger partial charge in [0.1, 0.15) is 0 Å². The van der Waals surface area contributed by atoms with Crippen molar-refractivity contribution < 1.29 is 14.3 Å². The van der Waals surface area contributed by atoms with Crippen LogP contribution in [0.5, 0.6) is 11.5 Å². The van der Waals surface area contributed by atoms with Gasteiger partial charge < -0.3 is 14.4 Å². The lowest BCUT2D eigenvalue weighted by Gasteiger charge is -2.15. The molecule has 0 amide bonds. The minimum atomic E-state index is -0.0563. The van der Waals surface area contributed by atoms with Crippen molar-refractivity contribution in [1.82, 2.24) is 0 Å². The zero-order valence-corrected chi connectivity index (χ0v) is 13.9. The molecule has 2 rings (SSSR count). The average Bonchev–Trinajstić information content (AvgIpc) is 2.58. The van der Waals surface area contributed by atoms with Crippen LogP contribution in [0.3, 0.4) is 0 Å². The van der Waals surface area contributed by atoms with Gasteiger partial charge in [0.2, 0.25) is 0 Å². The molecule has 0 aliphatic rings. The Kier molecular flexibility index (Phi) is 5.41. The Morgan fingerprint density at radius 3 is 2.39 bits per heavy atom. The molecule has 0 fully saturated rings. The summed E-state index contributed by atoms with van der Waals surface area (Å²) in [6.07, 6.45) is 3.30. The highest BCUT2D eigenvalue weighted by Gasteiger charge is 2.11. The summed E-state index contributed by atoms with van der Waals surface area (Å²) in [7, 11) is 7.00. The highest BCUT2D eigenvalue weighted by molar-refractivity contribution is 6.10. The topological polar surface area (TPSA) is 38.8 Å². The number of ketones is 1. The summed E-state index contributed by atoms with van der Waals surface area (Å²) in [4.78, 5) is 14.4. The minimum Gasteiger partial charge on any atom is -0.493 e. The first kappa shape index (κ1) is 16.6. The Labute approximate surface area is 137 Å². The van der Waals surface area contributed by atoms with Crippen LogP contribution in [0.25, 0.3) is 6.08 Å². The smallest absolute Gasteiger partial charge is 0.187 e. The molecule has 0 bridgehead atoms. The second kappa shape index (κ2) is 7.49. The second-order valence-corrected chi connectivity index (χ2v) is 5.19. The zero-order chi connectivity index (χ0) is 16.8. The second-order valence-electron chi connectivity index (χ2n) is 5.19. The number of rotatable bonds is 6. The van der Waals surface area contributed by atoms with E-state index in [2.05, 4.69) is 0 Å². The van der Waals surface area contributed by atoms with Gasteiger partial charge in [-0.15, -0.1) is 0 Å². The molecule has 0 saturated heterocycles. The monoisotopic (exact) mass is 311 g/mol. The molecule has 120 valence electrons. The third-order valence-electron chi connectivity index (χ3n) is 3.50. The van der Waals surface area contributed by atoms with Crippen LogP contribution in [0.1, 0.15) is 15.9 Å². The van der Waals surface area contributed by atoms with E-state index in [-0.39, 0.29) is 5.78 Å². The van der Waals surface area contributed by atoms with Crippen LogP contribution in [-0.4, -0.2) is 34.1 Å². The lowest BCUT2D eigenvalue weighted by molar-refractivity contribution is 0.104. The molecule has 0 saturated carbocycles. The average molecular weight is 311 g/mol. The Balaban J connectivity index is 2.33.